The number of sulfonamides is 1. The number of hydrogen-bond donors (Lipinski definition) is 1. The molecule has 1 N–H and O–H groups in total. The quantitative estimate of drug-likeness (QED) is 0.450. The van der Waals surface area contributed by atoms with Crippen molar-refractivity contribution in [2.24, 2.45) is 0 Å². The van der Waals surface area contributed by atoms with Crippen LogP contribution < -0.4 is 9.62 Å². The molecule has 1 heterocycles. The summed E-state index contributed by atoms with van der Waals surface area (Å²) in [5.41, 5.74) is 3.38. The van der Waals surface area contributed by atoms with Gasteiger partial charge in [-0.1, -0.05) is 65.7 Å². The summed E-state index contributed by atoms with van der Waals surface area (Å²) in [6.45, 7) is 4.95. The van der Waals surface area contributed by atoms with Crippen LogP contribution in [0.4, 0.5) is 5.69 Å². The van der Waals surface area contributed by atoms with E-state index >= 15 is 0 Å². The lowest BCUT2D eigenvalue weighted by Gasteiger charge is -2.25. The van der Waals surface area contributed by atoms with Crippen molar-refractivity contribution >= 4 is 33.2 Å². The Balaban J connectivity index is 1.49. The summed E-state index contributed by atoms with van der Waals surface area (Å²) in [7, 11) is -4.01. The molecule has 35 heavy (non-hydrogen) atoms. The smallest absolute Gasteiger partial charge is 0.264 e. The van der Waals surface area contributed by atoms with E-state index in [0.29, 0.717) is 6.54 Å². The summed E-state index contributed by atoms with van der Waals surface area (Å²) in [6, 6.07) is 21.3. The highest BCUT2D eigenvalue weighted by Crippen LogP contribution is 2.30. The van der Waals surface area contributed by atoms with Crippen LogP contribution in [0.15, 0.2) is 77.7 Å². The average Bonchev–Trinajstić information content (AvgIpc) is 3.35. The van der Waals surface area contributed by atoms with Crippen LogP contribution in [-0.4, -0.2) is 38.9 Å². The highest BCUT2D eigenvalue weighted by atomic mass is 35.5. The van der Waals surface area contributed by atoms with Gasteiger partial charge in [0, 0.05) is 13.1 Å². The van der Waals surface area contributed by atoms with Crippen LogP contribution in [0.3, 0.4) is 0 Å². The number of nitrogens with one attached hydrogen (secondary N) is 1. The Morgan fingerprint density at radius 1 is 0.971 bits per heavy atom. The number of nitrogens with zero attached hydrogens (tertiary/aromatic N) is 2. The van der Waals surface area contributed by atoms with Gasteiger partial charge in [-0.15, -0.1) is 0 Å². The Morgan fingerprint density at radius 2 is 1.66 bits per heavy atom. The second kappa shape index (κ2) is 11.2. The molecule has 0 aromatic heterocycles. The fourth-order valence-electron chi connectivity index (χ4n) is 4.21. The first-order valence-electron chi connectivity index (χ1n) is 11.7. The van der Waals surface area contributed by atoms with Gasteiger partial charge in [-0.3, -0.25) is 14.0 Å². The molecule has 1 amide bonds. The van der Waals surface area contributed by atoms with Crippen LogP contribution in [0, 0.1) is 6.92 Å². The van der Waals surface area contributed by atoms with Crippen molar-refractivity contribution in [3.05, 3.63) is 94.5 Å². The minimum atomic E-state index is -4.01. The molecule has 0 radical (unpaired) electrons. The molecule has 0 bridgehead atoms. The molecule has 6 nitrogen and oxygen atoms in total. The summed E-state index contributed by atoms with van der Waals surface area (Å²) in [5, 5.41) is 3.13. The molecule has 1 aliphatic rings. The van der Waals surface area contributed by atoms with E-state index in [4.69, 9.17) is 11.6 Å². The maximum absolute atomic E-state index is 13.5. The Hall–Kier alpha value is -2.87. The monoisotopic (exact) mass is 511 g/mol. The van der Waals surface area contributed by atoms with Gasteiger partial charge in [0.1, 0.15) is 6.54 Å². The lowest BCUT2D eigenvalue weighted by molar-refractivity contribution is -0.119. The first-order valence-corrected chi connectivity index (χ1v) is 13.6. The van der Waals surface area contributed by atoms with E-state index in [1.165, 1.54) is 30.5 Å². The van der Waals surface area contributed by atoms with Crippen LogP contribution >= 0.6 is 11.6 Å². The molecule has 1 saturated heterocycles. The maximum atomic E-state index is 13.5. The molecule has 3 aromatic rings. The van der Waals surface area contributed by atoms with E-state index in [1.807, 2.05) is 19.1 Å². The fraction of sp³-hybridized carbons (Fsp3) is 0.296. The van der Waals surface area contributed by atoms with E-state index in [1.54, 1.807) is 36.4 Å². The second-order valence-electron chi connectivity index (χ2n) is 8.86. The van der Waals surface area contributed by atoms with E-state index in [0.717, 1.165) is 35.1 Å². The van der Waals surface area contributed by atoms with Crippen LogP contribution in [0.25, 0.3) is 0 Å². The third kappa shape index (κ3) is 6.42. The van der Waals surface area contributed by atoms with Gasteiger partial charge in [-0.2, -0.15) is 0 Å². The zero-order valence-electron chi connectivity index (χ0n) is 19.8. The Kier molecular flexibility index (Phi) is 8.11. The Labute approximate surface area is 212 Å². The number of carbonyl (C=O) groups is 1. The third-order valence-corrected chi connectivity index (χ3v) is 8.20. The lowest BCUT2D eigenvalue weighted by atomic mass is 10.1. The van der Waals surface area contributed by atoms with Gasteiger partial charge in [0.2, 0.25) is 5.91 Å². The highest BCUT2D eigenvalue weighted by Gasteiger charge is 2.28. The molecule has 1 aliphatic heterocycles. The number of amides is 1. The van der Waals surface area contributed by atoms with E-state index in [9.17, 15) is 13.2 Å². The Morgan fingerprint density at radius 3 is 2.37 bits per heavy atom. The topological polar surface area (TPSA) is 69.7 Å². The van der Waals surface area contributed by atoms with Crippen molar-refractivity contribution in [3.63, 3.8) is 0 Å². The number of benzene rings is 3. The van der Waals surface area contributed by atoms with Crippen LogP contribution in [-0.2, 0) is 27.9 Å². The number of carbonyl (C=O) groups excluding carboxylic acids is 1. The number of anilines is 1. The molecule has 3 aromatic carbocycles. The summed E-state index contributed by atoms with van der Waals surface area (Å²) < 4.78 is 28.1. The minimum absolute atomic E-state index is 0.102. The third-order valence-electron chi connectivity index (χ3n) is 6.10. The molecule has 184 valence electrons. The standard InChI is InChI=1S/C27H30ClN3O3S/c1-21-11-13-24(14-12-21)35(33,34)31(26-10-3-2-9-25(26)28)20-27(32)29-18-22-7-6-8-23(17-22)19-30-15-4-5-16-30/h2-3,6-14,17H,4-5,15-16,18-20H2,1H3,(H,29,32). The number of hydrogen-bond acceptors (Lipinski definition) is 4. The number of para-hydroxylation sites is 1. The summed E-state index contributed by atoms with van der Waals surface area (Å²) in [5.74, 6) is -0.412. The number of halogens is 1. The first kappa shape index (κ1) is 25.2. The van der Waals surface area contributed by atoms with Crippen LogP contribution in [0.2, 0.25) is 5.02 Å². The molecule has 4 rings (SSSR count). The maximum Gasteiger partial charge on any atom is 0.264 e. The van der Waals surface area contributed by atoms with Gasteiger partial charge >= 0.3 is 0 Å². The number of likely N-dealkylation sites (tertiary alicyclic amines) is 1. The zero-order valence-corrected chi connectivity index (χ0v) is 21.4. The lowest BCUT2D eigenvalue weighted by Crippen LogP contribution is -2.40. The Bertz CT molecular complexity index is 1270. The molecule has 0 aliphatic carbocycles. The van der Waals surface area contributed by atoms with Crippen molar-refractivity contribution in [1.29, 1.82) is 0 Å². The number of aryl methyl sites for hydroxylation is 1. The van der Waals surface area contributed by atoms with Gasteiger partial charge in [0.25, 0.3) is 10.0 Å². The molecule has 8 heteroatoms. The van der Waals surface area contributed by atoms with Gasteiger partial charge in [0.15, 0.2) is 0 Å². The molecule has 1 fully saturated rings. The van der Waals surface area contributed by atoms with Gasteiger partial charge < -0.3 is 5.32 Å². The summed E-state index contributed by atoms with van der Waals surface area (Å²) >= 11 is 6.34. The molecular formula is C27H30ClN3O3S. The van der Waals surface area contributed by atoms with Crippen molar-refractivity contribution in [3.8, 4) is 0 Å². The second-order valence-corrected chi connectivity index (χ2v) is 11.1. The SMILES string of the molecule is Cc1ccc(S(=O)(=O)N(CC(=O)NCc2cccc(CN3CCCC3)c2)c2ccccc2Cl)cc1. The number of rotatable bonds is 9. The molecular weight excluding hydrogens is 482 g/mol. The molecule has 0 saturated carbocycles. The van der Waals surface area contributed by atoms with E-state index < -0.39 is 15.9 Å². The van der Waals surface area contributed by atoms with E-state index in [2.05, 4.69) is 22.3 Å². The van der Waals surface area contributed by atoms with Gasteiger partial charge in [-0.25, -0.2) is 8.42 Å². The average molecular weight is 512 g/mol. The molecule has 0 atom stereocenters. The van der Waals surface area contributed by atoms with Crippen molar-refractivity contribution < 1.29 is 13.2 Å². The van der Waals surface area contributed by atoms with Gasteiger partial charge in [-0.05, 0) is 68.2 Å². The molecule has 0 spiro atoms. The van der Waals surface area contributed by atoms with Crippen LogP contribution in [0.1, 0.15) is 29.5 Å². The predicted octanol–water partition coefficient (Wildman–Crippen LogP) is 4.76. The van der Waals surface area contributed by atoms with Crippen molar-refractivity contribution in [1.82, 2.24) is 10.2 Å². The minimum Gasteiger partial charge on any atom is -0.350 e. The highest BCUT2D eigenvalue weighted by molar-refractivity contribution is 7.92. The fourth-order valence-corrected chi connectivity index (χ4v) is 5.94. The van der Waals surface area contributed by atoms with Crippen molar-refractivity contribution in [2.75, 3.05) is 23.9 Å². The summed E-state index contributed by atoms with van der Waals surface area (Å²) in [6.07, 6.45) is 2.48. The van der Waals surface area contributed by atoms with E-state index in [-0.39, 0.29) is 22.2 Å². The molecule has 0 unspecified atom stereocenters. The van der Waals surface area contributed by atoms with Gasteiger partial charge in [0.05, 0.1) is 15.6 Å². The zero-order chi connectivity index (χ0) is 24.8. The largest absolute Gasteiger partial charge is 0.350 e. The summed E-state index contributed by atoms with van der Waals surface area (Å²) in [4.78, 5) is 15.5. The normalized spacial score (nSPS) is 14.1. The first-order chi connectivity index (χ1) is 16.8. The van der Waals surface area contributed by atoms with Crippen LogP contribution in [0.5, 0.6) is 0 Å². The van der Waals surface area contributed by atoms with Crippen molar-refractivity contribution in [2.45, 2.75) is 37.8 Å². The predicted molar refractivity (Wildman–Crippen MR) is 140 cm³/mol.